The van der Waals surface area contributed by atoms with E-state index < -0.39 is 4.92 Å². The zero-order valence-electron chi connectivity index (χ0n) is 11.1. The second-order valence-electron chi connectivity index (χ2n) is 4.61. The fourth-order valence-corrected chi connectivity index (χ4v) is 2.16. The molecule has 0 saturated carbocycles. The van der Waals surface area contributed by atoms with Crippen LogP contribution >= 0.6 is 11.8 Å². The number of benzene rings is 1. The first-order valence-electron chi connectivity index (χ1n) is 6.07. The van der Waals surface area contributed by atoms with Crippen LogP contribution in [0.4, 0.5) is 5.69 Å². The first-order valence-corrected chi connectivity index (χ1v) is 7.22. The van der Waals surface area contributed by atoms with Crippen molar-refractivity contribution in [1.82, 2.24) is 5.32 Å². The van der Waals surface area contributed by atoms with Gasteiger partial charge in [-0.15, -0.1) is 11.8 Å². The lowest BCUT2D eigenvalue weighted by molar-refractivity contribution is -0.384. The molecule has 0 radical (unpaired) electrons. The number of rotatable bonds is 7. The fourth-order valence-electron chi connectivity index (χ4n) is 1.34. The topological polar surface area (TPSA) is 72.2 Å². The van der Waals surface area contributed by atoms with Gasteiger partial charge in [-0.25, -0.2) is 0 Å². The van der Waals surface area contributed by atoms with E-state index in [1.54, 1.807) is 12.1 Å². The molecule has 0 aromatic heterocycles. The van der Waals surface area contributed by atoms with Crippen LogP contribution in [0.15, 0.2) is 24.3 Å². The van der Waals surface area contributed by atoms with Crippen LogP contribution in [0.3, 0.4) is 0 Å². The van der Waals surface area contributed by atoms with Gasteiger partial charge in [-0.3, -0.25) is 14.9 Å². The standard InChI is InChI=1S/C13H18N2O3S/c1-10(2)7-14-13(16)9-19-8-11-3-5-12(6-4-11)15(17)18/h3-6,10H,7-9H2,1-2H3,(H,14,16). The van der Waals surface area contributed by atoms with E-state index in [1.165, 1.54) is 23.9 Å². The van der Waals surface area contributed by atoms with Crippen LogP contribution in [0.5, 0.6) is 0 Å². The van der Waals surface area contributed by atoms with Crippen molar-refractivity contribution in [2.75, 3.05) is 12.3 Å². The molecule has 1 N–H and O–H groups in total. The summed E-state index contributed by atoms with van der Waals surface area (Å²) in [5.41, 5.74) is 1.07. The van der Waals surface area contributed by atoms with Crippen LogP contribution in [0, 0.1) is 16.0 Å². The monoisotopic (exact) mass is 282 g/mol. The molecule has 1 rings (SSSR count). The lowest BCUT2D eigenvalue weighted by atomic mass is 10.2. The van der Waals surface area contributed by atoms with E-state index >= 15 is 0 Å². The van der Waals surface area contributed by atoms with E-state index in [0.717, 1.165) is 5.56 Å². The predicted molar refractivity (Wildman–Crippen MR) is 77.1 cm³/mol. The smallest absolute Gasteiger partial charge is 0.269 e. The normalized spacial score (nSPS) is 10.5. The maximum atomic E-state index is 11.5. The van der Waals surface area contributed by atoms with Crippen LogP contribution in [0.1, 0.15) is 19.4 Å². The van der Waals surface area contributed by atoms with E-state index in [2.05, 4.69) is 5.32 Å². The highest BCUT2D eigenvalue weighted by Gasteiger charge is 2.05. The minimum atomic E-state index is -0.420. The number of nitrogens with one attached hydrogen (secondary N) is 1. The first-order chi connectivity index (χ1) is 8.99. The molecule has 1 aromatic rings. The van der Waals surface area contributed by atoms with E-state index in [0.29, 0.717) is 24.0 Å². The van der Waals surface area contributed by atoms with E-state index in [4.69, 9.17) is 0 Å². The third-order valence-corrected chi connectivity index (χ3v) is 3.36. The summed E-state index contributed by atoms with van der Waals surface area (Å²) in [6.45, 7) is 4.78. The Morgan fingerprint density at radius 2 is 2.00 bits per heavy atom. The summed E-state index contributed by atoms with van der Waals surface area (Å²) < 4.78 is 0. The molecule has 0 heterocycles. The highest BCUT2D eigenvalue weighted by Crippen LogP contribution is 2.16. The Morgan fingerprint density at radius 1 is 1.37 bits per heavy atom. The van der Waals surface area contributed by atoms with Gasteiger partial charge < -0.3 is 5.32 Å². The summed E-state index contributed by atoms with van der Waals surface area (Å²) >= 11 is 1.50. The Bertz CT molecular complexity index is 432. The quantitative estimate of drug-likeness (QED) is 0.616. The average Bonchev–Trinajstić information content (AvgIpc) is 2.37. The van der Waals surface area contributed by atoms with Gasteiger partial charge in [-0.05, 0) is 11.5 Å². The zero-order chi connectivity index (χ0) is 14.3. The van der Waals surface area contributed by atoms with Gasteiger partial charge in [0.25, 0.3) is 5.69 Å². The number of amides is 1. The lowest BCUT2D eigenvalue weighted by Gasteiger charge is -2.07. The molecule has 104 valence electrons. The maximum Gasteiger partial charge on any atom is 0.269 e. The third kappa shape index (κ3) is 6.24. The van der Waals surface area contributed by atoms with Crippen LogP contribution in [-0.2, 0) is 10.5 Å². The Morgan fingerprint density at radius 3 is 2.53 bits per heavy atom. The van der Waals surface area contributed by atoms with Gasteiger partial charge in [-0.2, -0.15) is 0 Å². The maximum absolute atomic E-state index is 11.5. The van der Waals surface area contributed by atoms with Crippen molar-refractivity contribution in [2.24, 2.45) is 5.92 Å². The largest absolute Gasteiger partial charge is 0.355 e. The number of carbonyl (C=O) groups is 1. The lowest BCUT2D eigenvalue weighted by Crippen LogP contribution is -2.28. The molecule has 0 aliphatic carbocycles. The Hall–Kier alpha value is -1.56. The molecule has 1 aromatic carbocycles. The van der Waals surface area contributed by atoms with Gasteiger partial charge in [0, 0.05) is 24.4 Å². The van der Waals surface area contributed by atoms with E-state index in [-0.39, 0.29) is 11.6 Å². The van der Waals surface area contributed by atoms with Crippen molar-refractivity contribution in [3.05, 3.63) is 39.9 Å². The molecule has 0 bridgehead atoms. The van der Waals surface area contributed by atoms with Crippen molar-refractivity contribution in [3.8, 4) is 0 Å². The van der Waals surface area contributed by atoms with Crippen molar-refractivity contribution in [3.63, 3.8) is 0 Å². The van der Waals surface area contributed by atoms with Gasteiger partial charge in [0.15, 0.2) is 0 Å². The van der Waals surface area contributed by atoms with Gasteiger partial charge in [-0.1, -0.05) is 26.0 Å². The predicted octanol–water partition coefficient (Wildman–Crippen LogP) is 2.60. The summed E-state index contributed by atoms with van der Waals surface area (Å²) in [5, 5.41) is 13.3. The molecule has 0 unspecified atom stereocenters. The molecular formula is C13H18N2O3S. The summed E-state index contributed by atoms with van der Waals surface area (Å²) in [6, 6.07) is 6.40. The summed E-state index contributed by atoms with van der Waals surface area (Å²) in [6.07, 6.45) is 0. The van der Waals surface area contributed by atoms with Crippen LogP contribution < -0.4 is 5.32 Å². The summed E-state index contributed by atoms with van der Waals surface area (Å²) in [4.78, 5) is 21.5. The Kier molecular flexibility index (Phi) is 6.35. The molecule has 6 heteroatoms. The molecule has 0 fully saturated rings. The van der Waals surface area contributed by atoms with Crippen LogP contribution in [0.25, 0.3) is 0 Å². The number of non-ortho nitro benzene ring substituents is 1. The van der Waals surface area contributed by atoms with Gasteiger partial charge in [0.1, 0.15) is 0 Å². The average molecular weight is 282 g/mol. The van der Waals surface area contributed by atoms with Crippen molar-refractivity contribution in [1.29, 1.82) is 0 Å². The Balaban J connectivity index is 2.29. The van der Waals surface area contributed by atoms with Crippen molar-refractivity contribution >= 4 is 23.4 Å². The molecule has 5 nitrogen and oxygen atoms in total. The van der Waals surface area contributed by atoms with Gasteiger partial charge in [0.2, 0.25) is 5.91 Å². The number of nitrogens with zero attached hydrogens (tertiary/aromatic N) is 1. The highest BCUT2D eigenvalue weighted by molar-refractivity contribution is 7.99. The zero-order valence-corrected chi connectivity index (χ0v) is 11.9. The van der Waals surface area contributed by atoms with Crippen molar-refractivity contribution < 1.29 is 9.72 Å². The van der Waals surface area contributed by atoms with Gasteiger partial charge in [0.05, 0.1) is 10.7 Å². The van der Waals surface area contributed by atoms with E-state index in [1.807, 2.05) is 13.8 Å². The number of hydrogen-bond donors (Lipinski definition) is 1. The molecule has 0 aliphatic heterocycles. The molecule has 0 atom stereocenters. The summed E-state index contributed by atoms with van der Waals surface area (Å²) in [5.74, 6) is 1.56. The first kappa shape index (κ1) is 15.5. The third-order valence-electron chi connectivity index (χ3n) is 2.36. The second kappa shape index (κ2) is 7.78. The number of nitro groups is 1. The molecule has 0 spiro atoms. The molecule has 0 aliphatic rings. The fraction of sp³-hybridized carbons (Fsp3) is 0.462. The minimum Gasteiger partial charge on any atom is -0.355 e. The van der Waals surface area contributed by atoms with Gasteiger partial charge >= 0.3 is 0 Å². The molecule has 1 amide bonds. The molecular weight excluding hydrogens is 264 g/mol. The Labute approximate surface area is 116 Å². The number of carbonyl (C=O) groups excluding carboxylic acids is 1. The molecule has 19 heavy (non-hydrogen) atoms. The number of nitro benzene ring substituents is 1. The van der Waals surface area contributed by atoms with Crippen LogP contribution in [-0.4, -0.2) is 23.1 Å². The SMILES string of the molecule is CC(C)CNC(=O)CSCc1ccc([N+](=O)[O-])cc1. The highest BCUT2D eigenvalue weighted by atomic mass is 32.2. The summed E-state index contributed by atoms with van der Waals surface area (Å²) in [7, 11) is 0. The van der Waals surface area contributed by atoms with Crippen molar-refractivity contribution in [2.45, 2.75) is 19.6 Å². The van der Waals surface area contributed by atoms with Crippen LogP contribution in [0.2, 0.25) is 0 Å². The minimum absolute atomic E-state index is 0.0283. The molecule has 0 saturated heterocycles. The second-order valence-corrected chi connectivity index (χ2v) is 5.60. The number of hydrogen-bond acceptors (Lipinski definition) is 4. The van der Waals surface area contributed by atoms with E-state index in [9.17, 15) is 14.9 Å². The number of thioether (sulfide) groups is 1.